The van der Waals surface area contributed by atoms with E-state index in [1.165, 1.54) is 11.1 Å². The first-order valence-corrected chi connectivity index (χ1v) is 6.13. The number of ether oxygens (including phenoxy) is 1. The largest absolute Gasteiger partial charge is 0.478 e. The first-order chi connectivity index (χ1) is 8.24. The van der Waals surface area contributed by atoms with Crippen LogP contribution in [-0.2, 0) is 6.54 Å². The zero-order valence-corrected chi connectivity index (χ0v) is 10.5. The van der Waals surface area contributed by atoms with Gasteiger partial charge in [-0.1, -0.05) is 17.7 Å². The van der Waals surface area contributed by atoms with Crippen LogP contribution in [0.15, 0.2) is 18.2 Å². The molecule has 3 heteroatoms. The summed E-state index contributed by atoms with van der Waals surface area (Å²) in [4.78, 5) is 2.18. The molecule has 17 heavy (non-hydrogen) atoms. The molecule has 1 unspecified atom stereocenters. The summed E-state index contributed by atoms with van der Waals surface area (Å²) in [5.41, 5.74) is 2.46. The lowest BCUT2D eigenvalue weighted by Gasteiger charge is -2.38. The fourth-order valence-electron chi connectivity index (χ4n) is 2.24. The van der Waals surface area contributed by atoms with Crippen LogP contribution in [0.4, 0.5) is 0 Å². The molecule has 0 spiro atoms. The van der Waals surface area contributed by atoms with Crippen molar-refractivity contribution in [3.63, 3.8) is 0 Å². The number of hydrogen-bond acceptors (Lipinski definition) is 3. The van der Waals surface area contributed by atoms with Crippen LogP contribution in [0.5, 0.6) is 5.75 Å². The molecule has 2 rings (SSSR count). The topological polar surface area (TPSA) is 32.7 Å². The molecule has 1 heterocycles. The number of nitrogens with zero attached hydrogens (tertiary/aromatic N) is 1. The van der Waals surface area contributed by atoms with Gasteiger partial charge in [0.05, 0.1) is 6.61 Å². The van der Waals surface area contributed by atoms with Crippen LogP contribution in [0.1, 0.15) is 24.5 Å². The fraction of sp³-hybridized carbons (Fsp3) is 0.500. The lowest BCUT2D eigenvalue weighted by atomic mass is 10.1. The maximum atomic E-state index is 9.10. The molecule has 0 bridgehead atoms. The molecule has 1 aliphatic heterocycles. The van der Waals surface area contributed by atoms with E-state index in [2.05, 4.69) is 30.4 Å². The average molecular weight is 234 g/mol. The van der Waals surface area contributed by atoms with Gasteiger partial charge in [-0.25, -0.2) is 0 Å². The minimum absolute atomic E-state index is 0.0577. The molecule has 94 valence electrons. The molecule has 0 aromatic heterocycles. The van der Waals surface area contributed by atoms with Crippen molar-refractivity contribution in [3.8, 4) is 5.75 Å². The molecule has 0 fully saturated rings. The van der Waals surface area contributed by atoms with E-state index in [0.29, 0.717) is 6.54 Å². The molecule has 0 amide bonds. The molecule has 1 N–H and O–H groups in total. The number of fused-ring (bicyclic) bond motifs is 1. The molecule has 3 nitrogen and oxygen atoms in total. The van der Waals surface area contributed by atoms with Crippen molar-refractivity contribution in [2.75, 3.05) is 13.2 Å². The van der Waals surface area contributed by atoms with Gasteiger partial charge >= 0.3 is 0 Å². The molecule has 0 aliphatic carbocycles. The highest BCUT2D eigenvalue weighted by Gasteiger charge is 2.24. The summed E-state index contributed by atoms with van der Waals surface area (Å²) in [6, 6.07) is 6.28. The van der Waals surface area contributed by atoms with Crippen molar-refractivity contribution in [2.45, 2.75) is 33.0 Å². The van der Waals surface area contributed by atoms with Crippen molar-refractivity contribution < 1.29 is 9.84 Å². The van der Waals surface area contributed by atoms with E-state index in [1.54, 1.807) is 0 Å². The number of benzene rings is 1. The summed E-state index contributed by atoms with van der Waals surface area (Å²) in [5, 5.41) is 9.10. The van der Waals surface area contributed by atoms with Crippen molar-refractivity contribution >= 4 is 0 Å². The highest BCUT2D eigenvalue weighted by molar-refractivity contribution is 5.38. The Morgan fingerprint density at radius 2 is 2.35 bits per heavy atom. The van der Waals surface area contributed by atoms with Crippen molar-refractivity contribution in [1.29, 1.82) is 0 Å². The minimum Gasteiger partial charge on any atom is -0.478 e. The zero-order valence-electron chi connectivity index (χ0n) is 10.5. The van der Waals surface area contributed by atoms with Crippen LogP contribution in [0.3, 0.4) is 0 Å². The van der Waals surface area contributed by atoms with E-state index in [9.17, 15) is 0 Å². The highest BCUT2D eigenvalue weighted by Crippen LogP contribution is 2.29. The molecule has 1 aliphatic rings. The Balaban J connectivity index is 2.20. The predicted octanol–water partition coefficient (Wildman–Crippen LogP) is 2.12. The third-order valence-corrected chi connectivity index (χ3v) is 3.08. The smallest absolute Gasteiger partial charge is 0.126 e. The average Bonchev–Trinajstić information content (AvgIpc) is 2.31. The Kier molecular flexibility index (Phi) is 4.02. The van der Waals surface area contributed by atoms with Gasteiger partial charge in [-0.2, -0.15) is 6.92 Å². The van der Waals surface area contributed by atoms with E-state index in [0.717, 1.165) is 18.7 Å². The number of β-amino-alcohol motifs (C(OH)–C–C–N with tert-alkyl or cyclic N) is 1. The summed E-state index contributed by atoms with van der Waals surface area (Å²) in [5.74, 6) is 0.983. The molecular formula is C14H20NO2-. The minimum atomic E-state index is 0.0577. The number of rotatable bonds is 4. The van der Waals surface area contributed by atoms with Crippen LogP contribution in [-0.4, -0.2) is 29.4 Å². The Labute approximate surface area is 103 Å². The van der Waals surface area contributed by atoms with Gasteiger partial charge in [0.1, 0.15) is 12.0 Å². The van der Waals surface area contributed by atoms with E-state index in [1.807, 2.05) is 13.0 Å². The molecule has 0 saturated carbocycles. The Hall–Kier alpha value is -1.06. The lowest BCUT2D eigenvalue weighted by molar-refractivity contribution is -0.00977. The predicted molar refractivity (Wildman–Crippen MR) is 67.7 cm³/mol. The van der Waals surface area contributed by atoms with E-state index < -0.39 is 0 Å². The molecule has 0 radical (unpaired) electrons. The van der Waals surface area contributed by atoms with Crippen molar-refractivity contribution in [2.24, 2.45) is 0 Å². The first-order valence-electron chi connectivity index (χ1n) is 6.13. The lowest BCUT2D eigenvalue weighted by Crippen LogP contribution is -2.43. The molecular weight excluding hydrogens is 214 g/mol. The maximum Gasteiger partial charge on any atom is 0.126 e. The number of aliphatic hydroxyl groups is 1. The molecule has 1 aromatic carbocycles. The standard InChI is InChI=1S/C14H20NO2/c1-3-4-14-15(7-8-16)10-12-9-11(2)5-6-13(12)17-14/h3,5-6,9,14,16H,4,7-8,10H2,1-2H3/q-1. The second-order valence-electron chi connectivity index (χ2n) is 4.52. The van der Waals surface area contributed by atoms with Gasteiger partial charge in [0.15, 0.2) is 0 Å². The summed E-state index contributed by atoms with van der Waals surface area (Å²) in [6.45, 7) is 5.81. The van der Waals surface area contributed by atoms with Gasteiger partial charge in [-0.05, 0) is 13.0 Å². The van der Waals surface area contributed by atoms with Crippen LogP contribution in [0, 0.1) is 13.3 Å². The van der Waals surface area contributed by atoms with Crippen molar-refractivity contribution in [3.05, 3.63) is 35.7 Å². The third kappa shape index (κ3) is 2.79. The van der Waals surface area contributed by atoms with E-state index in [-0.39, 0.29) is 12.8 Å². The van der Waals surface area contributed by atoms with Crippen LogP contribution >= 0.6 is 0 Å². The highest BCUT2D eigenvalue weighted by atomic mass is 16.5. The van der Waals surface area contributed by atoms with E-state index >= 15 is 0 Å². The van der Waals surface area contributed by atoms with Crippen LogP contribution < -0.4 is 4.74 Å². The van der Waals surface area contributed by atoms with Gasteiger partial charge in [-0.15, -0.1) is 6.42 Å². The number of aliphatic hydroxyl groups excluding tert-OH is 1. The summed E-state index contributed by atoms with van der Waals surface area (Å²) >= 11 is 0. The Morgan fingerprint density at radius 3 is 3.06 bits per heavy atom. The third-order valence-electron chi connectivity index (χ3n) is 3.08. The SMILES string of the molecule is C[CH-]CC1Oc2ccc(C)cc2CN1CCO. The summed E-state index contributed by atoms with van der Waals surface area (Å²) in [6.07, 6.45) is 3.05. The van der Waals surface area contributed by atoms with E-state index in [4.69, 9.17) is 9.84 Å². The van der Waals surface area contributed by atoms with Gasteiger partial charge < -0.3 is 16.3 Å². The second kappa shape index (κ2) is 5.52. The number of hydrogen-bond donors (Lipinski definition) is 1. The normalized spacial score (nSPS) is 19.8. The fourth-order valence-corrected chi connectivity index (χ4v) is 2.24. The van der Waals surface area contributed by atoms with Gasteiger partial charge in [0.25, 0.3) is 0 Å². The van der Waals surface area contributed by atoms with Gasteiger partial charge in [0, 0.05) is 18.7 Å². The maximum absolute atomic E-state index is 9.10. The second-order valence-corrected chi connectivity index (χ2v) is 4.52. The quantitative estimate of drug-likeness (QED) is 0.810. The van der Waals surface area contributed by atoms with Crippen LogP contribution in [0.25, 0.3) is 0 Å². The molecule has 1 atom stereocenters. The van der Waals surface area contributed by atoms with Gasteiger partial charge in [-0.3, -0.25) is 4.90 Å². The summed E-state index contributed by atoms with van der Waals surface area (Å²) in [7, 11) is 0. The van der Waals surface area contributed by atoms with Crippen LogP contribution in [0.2, 0.25) is 0 Å². The summed E-state index contributed by atoms with van der Waals surface area (Å²) < 4.78 is 5.98. The van der Waals surface area contributed by atoms with Gasteiger partial charge in [0.2, 0.25) is 0 Å². The molecule has 0 saturated heterocycles. The zero-order chi connectivity index (χ0) is 12.3. The molecule has 1 aromatic rings. The number of aryl methyl sites for hydroxylation is 1. The Bertz CT molecular complexity index is 378. The Morgan fingerprint density at radius 1 is 1.53 bits per heavy atom. The monoisotopic (exact) mass is 234 g/mol. The first kappa shape index (κ1) is 12.4. The van der Waals surface area contributed by atoms with Crippen molar-refractivity contribution in [1.82, 2.24) is 4.90 Å².